The van der Waals surface area contributed by atoms with E-state index in [9.17, 15) is 14.4 Å². The van der Waals surface area contributed by atoms with E-state index in [1.54, 1.807) is 0 Å². The highest BCUT2D eigenvalue weighted by atomic mass is 32.1. The molecular formula is C23H26N3O6S+. The van der Waals surface area contributed by atoms with Crippen LogP contribution in [0.2, 0.25) is 0 Å². The summed E-state index contributed by atoms with van der Waals surface area (Å²) in [6, 6.07) is 9.64. The van der Waals surface area contributed by atoms with Crippen molar-refractivity contribution in [1.29, 1.82) is 0 Å². The average molecular weight is 473 g/mol. The number of carboxylic acid groups (broad SMARTS) is 1. The molecule has 9 nitrogen and oxygen atoms in total. The van der Waals surface area contributed by atoms with Gasteiger partial charge in [0.05, 0.1) is 5.01 Å². The van der Waals surface area contributed by atoms with E-state index in [2.05, 4.69) is 10.3 Å². The van der Waals surface area contributed by atoms with Crippen molar-refractivity contribution in [3.63, 3.8) is 0 Å². The molecule has 1 unspecified atom stereocenters. The molecule has 3 fully saturated rings. The maximum atomic E-state index is 12.6. The minimum Gasteiger partial charge on any atom is -0.478 e. The second kappa shape index (κ2) is 9.72. The number of aromatic nitrogens is 1. The van der Waals surface area contributed by atoms with Crippen molar-refractivity contribution in [2.45, 2.75) is 19.8 Å². The number of carbonyl (C=O) groups is 3. The van der Waals surface area contributed by atoms with Gasteiger partial charge in [-0.25, -0.2) is 19.4 Å². The number of benzene rings is 1. The molecule has 4 heterocycles. The normalized spacial score (nSPS) is 23.9. The van der Waals surface area contributed by atoms with Gasteiger partial charge in [-0.2, -0.15) is 0 Å². The van der Waals surface area contributed by atoms with Gasteiger partial charge in [0.15, 0.2) is 0 Å². The fourth-order valence-corrected chi connectivity index (χ4v) is 5.41. The number of hydrogen-bond donors (Lipinski definition) is 2. The molecule has 3 saturated heterocycles. The molecule has 0 saturated carbocycles. The summed E-state index contributed by atoms with van der Waals surface area (Å²) in [6.45, 7) is 4.01. The predicted molar refractivity (Wildman–Crippen MR) is 121 cm³/mol. The Balaban J connectivity index is 1.35. The van der Waals surface area contributed by atoms with Gasteiger partial charge in [0.1, 0.15) is 36.9 Å². The molecule has 10 heteroatoms. The van der Waals surface area contributed by atoms with Gasteiger partial charge in [-0.3, -0.25) is 10.2 Å². The van der Waals surface area contributed by atoms with Gasteiger partial charge in [0, 0.05) is 36.5 Å². The highest BCUT2D eigenvalue weighted by Gasteiger charge is 2.49. The number of amides is 1. The van der Waals surface area contributed by atoms with E-state index in [1.807, 2.05) is 37.3 Å². The Morgan fingerprint density at radius 1 is 1.21 bits per heavy atom. The summed E-state index contributed by atoms with van der Waals surface area (Å²) in [6.07, 6.45) is 2.87. The number of nitrogens with zero attached hydrogens (tertiary/aromatic N) is 2. The summed E-state index contributed by atoms with van der Waals surface area (Å²) in [5.41, 5.74) is 1.63. The first-order chi connectivity index (χ1) is 15.8. The molecule has 174 valence electrons. The zero-order chi connectivity index (χ0) is 23.4. The summed E-state index contributed by atoms with van der Waals surface area (Å²) in [5.74, 6) is -1.42. The zero-order valence-corrected chi connectivity index (χ0v) is 19.0. The third-order valence-electron chi connectivity index (χ3n) is 6.12. The Bertz CT molecular complexity index is 1060. The molecule has 1 aromatic heterocycles. The topological polar surface area (TPSA) is 115 Å². The first-order valence-electron chi connectivity index (χ1n) is 10.8. The van der Waals surface area contributed by atoms with Crippen LogP contribution in [0.15, 0.2) is 42.5 Å². The Morgan fingerprint density at radius 2 is 1.94 bits per heavy atom. The zero-order valence-electron chi connectivity index (χ0n) is 18.2. The van der Waals surface area contributed by atoms with Crippen molar-refractivity contribution in [2.75, 3.05) is 31.6 Å². The summed E-state index contributed by atoms with van der Waals surface area (Å²) in [5, 5.41) is 13.0. The number of aryl methyl sites for hydroxylation is 1. The molecule has 1 atom stereocenters. The molecule has 2 aromatic rings. The fraction of sp³-hybridized carbons (Fsp3) is 0.391. The van der Waals surface area contributed by atoms with E-state index in [0.29, 0.717) is 36.2 Å². The molecule has 0 spiro atoms. The van der Waals surface area contributed by atoms with Crippen LogP contribution in [0.3, 0.4) is 0 Å². The number of hydroxylamine groups is 3. The molecule has 33 heavy (non-hydrogen) atoms. The van der Waals surface area contributed by atoms with E-state index < -0.39 is 18.0 Å². The van der Waals surface area contributed by atoms with Crippen LogP contribution in [0.5, 0.6) is 0 Å². The third kappa shape index (κ3) is 5.58. The Labute approximate surface area is 195 Å². The van der Waals surface area contributed by atoms with Crippen molar-refractivity contribution >= 4 is 34.4 Å². The standard InChI is InChI=1S/C23H25N3O6S/c1-15-24-21(17-5-3-2-4-6-17)22(33-15)25-23(30)31-14-18-13-26(11-9-16(18)10-12-26)32-20(29)8-7-19(27)28/h2-8,16,18H,9-14H2,1H3,(H-,25,27,28,30)/p+1/b8-7+. The number of aliphatic carboxylic acids is 1. The smallest absolute Gasteiger partial charge is 0.412 e. The number of carbonyl (C=O) groups excluding carboxylic acids is 2. The lowest BCUT2D eigenvalue weighted by Crippen LogP contribution is -2.62. The molecule has 1 aromatic carbocycles. The van der Waals surface area contributed by atoms with Crippen LogP contribution >= 0.6 is 11.3 Å². The van der Waals surface area contributed by atoms with Crippen LogP contribution in [-0.4, -0.2) is 59.0 Å². The minimum atomic E-state index is -1.20. The summed E-state index contributed by atoms with van der Waals surface area (Å²) in [7, 11) is 0. The first kappa shape index (κ1) is 22.9. The predicted octanol–water partition coefficient (Wildman–Crippen LogP) is 3.62. The van der Waals surface area contributed by atoms with Crippen LogP contribution in [0.25, 0.3) is 11.3 Å². The molecule has 1 amide bonds. The minimum absolute atomic E-state index is 0.0614. The van der Waals surface area contributed by atoms with Crippen molar-refractivity contribution < 1.29 is 33.7 Å². The van der Waals surface area contributed by atoms with Crippen molar-refractivity contribution in [1.82, 2.24) is 4.98 Å². The number of piperidine rings is 3. The lowest BCUT2D eigenvalue weighted by Gasteiger charge is -2.48. The Morgan fingerprint density at radius 3 is 2.64 bits per heavy atom. The number of thiazole rings is 1. The van der Waals surface area contributed by atoms with E-state index in [-0.39, 0.29) is 17.2 Å². The molecule has 2 N–H and O–H groups in total. The van der Waals surface area contributed by atoms with Crippen LogP contribution in [0.4, 0.5) is 9.80 Å². The molecule has 3 aliphatic rings. The molecule has 2 bridgehead atoms. The number of carboxylic acids is 1. The highest BCUT2D eigenvalue weighted by molar-refractivity contribution is 7.16. The number of fused-ring (bicyclic) bond motifs is 3. The van der Waals surface area contributed by atoms with Crippen molar-refractivity contribution in [2.24, 2.45) is 11.8 Å². The molecular weight excluding hydrogens is 446 g/mol. The van der Waals surface area contributed by atoms with E-state index >= 15 is 0 Å². The lowest BCUT2D eigenvalue weighted by molar-refractivity contribution is -1.10. The number of ether oxygens (including phenoxy) is 1. The van der Waals surface area contributed by atoms with Gasteiger partial charge in [0.2, 0.25) is 0 Å². The molecule has 3 aliphatic heterocycles. The van der Waals surface area contributed by atoms with Gasteiger partial charge < -0.3 is 9.84 Å². The summed E-state index contributed by atoms with van der Waals surface area (Å²) >= 11 is 1.39. The third-order valence-corrected chi connectivity index (χ3v) is 7.01. The summed E-state index contributed by atoms with van der Waals surface area (Å²) in [4.78, 5) is 45.4. The maximum Gasteiger partial charge on any atom is 0.412 e. The highest BCUT2D eigenvalue weighted by Crippen LogP contribution is 2.38. The first-order valence-corrected chi connectivity index (χ1v) is 11.6. The van der Waals surface area contributed by atoms with E-state index in [1.165, 1.54) is 11.3 Å². The fourth-order valence-electron chi connectivity index (χ4n) is 4.58. The van der Waals surface area contributed by atoms with Gasteiger partial charge in [0.25, 0.3) is 0 Å². The van der Waals surface area contributed by atoms with Gasteiger partial charge in [-0.15, -0.1) is 16.0 Å². The number of anilines is 1. The Hall–Kier alpha value is -3.24. The summed E-state index contributed by atoms with van der Waals surface area (Å²) < 4.78 is 5.69. The second-order valence-corrected chi connectivity index (χ2v) is 9.57. The van der Waals surface area contributed by atoms with E-state index in [4.69, 9.17) is 14.7 Å². The lowest BCUT2D eigenvalue weighted by atomic mass is 9.79. The van der Waals surface area contributed by atoms with Gasteiger partial charge in [-0.05, 0) is 12.8 Å². The molecule has 0 radical (unpaired) electrons. The monoisotopic (exact) mass is 472 g/mol. The number of nitrogens with one attached hydrogen (secondary N) is 1. The SMILES string of the molecule is Cc1nc(-c2ccccc2)c(NC(=O)OCC2C[N+]3(OC(=O)/C=C/C(=O)O)CCC2CC3)s1. The van der Waals surface area contributed by atoms with Gasteiger partial charge in [-0.1, -0.05) is 30.3 Å². The van der Waals surface area contributed by atoms with Crippen molar-refractivity contribution in [3.05, 3.63) is 47.5 Å². The number of rotatable bonds is 7. The molecule has 5 rings (SSSR count). The Kier molecular flexibility index (Phi) is 6.75. The van der Waals surface area contributed by atoms with Crippen molar-refractivity contribution in [3.8, 4) is 11.3 Å². The maximum absolute atomic E-state index is 12.6. The van der Waals surface area contributed by atoms with Crippen LogP contribution < -0.4 is 5.32 Å². The largest absolute Gasteiger partial charge is 0.478 e. The van der Waals surface area contributed by atoms with Crippen LogP contribution in [0.1, 0.15) is 17.8 Å². The van der Waals surface area contributed by atoms with E-state index in [0.717, 1.165) is 35.6 Å². The number of hydrogen-bond acceptors (Lipinski definition) is 7. The van der Waals surface area contributed by atoms with Crippen LogP contribution in [0, 0.1) is 18.8 Å². The average Bonchev–Trinajstić information content (AvgIpc) is 3.17. The second-order valence-electron chi connectivity index (χ2n) is 8.37. The number of quaternary nitrogens is 1. The quantitative estimate of drug-likeness (QED) is 0.467. The molecule has 0 aliphatic carbocycles. The van der Waals surface area contributed by atoms with Crippen LogP contribution in [-0.2, 0) is 19.2 Å². The van der Waals surface area contributed by atoms with Gasteiger partial charge >= 0.3 is 18.0 Å².